The van der Waals surface area contributed by atoms with Crippen molar-refractivity contribution in [1.82, 2.24) is 20.9 Å². The highest BCUT2D eigenvalue weighted by Gasteiger charge is 2.21. The van der Waals surface area contributed by atoms with Crippen LogP contribution in [0.2, 0.25) is 0 Å². The van der Waals surface area contributed by atoms with Crippen molar-refractivity contribution < 1.29 is 9.53 Å². The summed E-state index contributed by atoms with van der Waals surface area (Å²) < 4.78 is 5.57. The van der Waals surface area contributed by atoms with Crippen LogP contribution in [0.1, 0.15) is 59.3 Å². The Morgan fingerprint density at radius 3 is 1.69 bits per heavy atom. The summed E-state index contributed by atoms with van der Waals surface area (Å²) in [6.07, 6.45) is 5.86. The van der Waals surface area contributed by atoms with Crippen LogP contribution < -0.4 is 27.4 Å². The second-order valence-electron chi connectivity index (χ2n) is 8.42. The molecule has 0 saturated heterocycles. The smallest absolute Gasteiger partial charge is 0.410 e. The Balaban J connectivity index is 3.94. The highest BCUT2D eigenvalue weighted by atomic mass is 16.6. The van der Waals surface area contributed by atoms with Crippen molar-refractivity contribution in [3.05, 3.63) is 0 Å². The summed E-state index contributed by atoms with van der Waals surface area (Å²) in [6.45, 7) is 14.5. The summed E-state index contributed by atoms with van der Waals surface area (Å²) >= 11 is 0. The van der Waals surface area contributed by atoms with Gasteiger partial charge < -0.3 is 37.1 Å². The number of nitrogens with two attached hydrogens (primary N) is 2. The number of hydrogen-bond donors (Lipinski definition) is 5. The Kier molecular flexibility index (Phi) is 18.4. The Morgan fingerprint density at radius 2 is 1.17 bits per heavy atom. The van der Waals surface area contributed by atoms with Gasteiger partial charge in [-0.25, -0.2) is 4.79 Å². The van der Waals surface area contributed by atoms with E-state index >= 15 is 0 Å². The molecule has 7 N–H and O–H groups in total. The predicted octanol–water partition coefficient (Wildman–Crippen LogP) is 1.25. The van der Waals surface area contributed by atoms with Gasteiger partial charge in [-0.05, 0) is 112 Å². The van der Waals surface area contributed by atoms with E-state index in [4.69, 9.17) is 16.2 Å². The molecule has 0 aliphatic heterocycles. The second-order valence-corrected chi connectivity index (χ2v) is 8.42. The van der Waals surface area contributed by atoms with E-state index in [9.17, 15) is 4.79 Å². The van der Waals surface area contributed by atoms with E-state index in [2.05, 4.69) is 16.0 Å². The van der Waals surface area contributed by atoms with E-state index in [1.54, 1.807) is 0 Å². The minimum atomic E-state index is -0.464. The molecule has 29 heavy (non-hydrogen) atoms. The van der Waals surface area contributed by atoms with Gasteiger partial charge in [-0.1, -0.05) is 0 Å². The Labute approximate surface area is 178 Å². The largest absolute Gasteiger partial charge is 0.444 e. The number of nitrogens with one attached hydrogen (secondary N) is 3. The van der Waals surface area contributed by atoms with E-state index < -0.39 is 5.60 Å². The molecule has 8 heteroatoms. The molecular weight excluding hydrogens is 368 g/mol. The molecule has 0 aliphatic rings. The van der Waals surface area contributed by atoms with E-state index in [0.717, 1.165) is 90.9 Å². The summed E-state index contributed by atoms with van der Waals surface area (Å²) in [5.74, 6) is 0. The lowest BCUT2D eigenvalue weighted by Crippen LogP contribution is -2.39. The zero-order valence-corrected chi connectivity index (χ0v) is 19.2. The molecule has 0 aromatic carbocycles. The van der Waals surface area contributed by atoms with Crippen molar-refractivity contribution in [2.75, 3.05) is 65.4 Å². The van der Waals surface area contributed by atoms with Crippen LogP contribution in [0.15, 0.2) is 0 Å². The normalized spacial score (nSPS) is 11.6. The van der Waals surface area contributed by atoms with Crippen molar-refractivity contribution in [1.29, 1.82) is 0 Å². The Bertz CT molecular complexity index is 377. The van der Waals surface area contributed by atoms with E-state index in [-0.39, 0.29) is 6.09 Å². The monoisotopic (exact) mass is 416 g/mol. The van der Waals surface area contributed by atoms with Crippen molar-refractivity contribution in [3.8, 4) is 0 Å². The standard InChI is InChI=1S/C21H48N6O2/c1-21(2,3)29-20(28)27(19-9-17-26-14-7-11-23)18-5-4-12-24-15-8-16-25-13-6-10-22/h24-26H,4-19,22-23H2,1-3H3. The van der Waals surface area contributed by atoms with Crippen LogP contribution in [0.5, 0.6) is 0 Å². The SMILES string of the molecule is CC(C)(C)OC(=O)N(CCCCNCCCNCCCN)CCCNCCCN. The summed E-state index contributed by atoms with van der Waals surface area (Å²) in [7, 11) is 0. The lowest BCUT2D eigenvalue weighted by Gasteiger charge is -2.27. The third-order valence-electron chi connectivity index (χ3n) is 4.29. The van der Waals surface area contributed by atoms with E-state index in [1.165, 1.54) is 0 Å². The average molecular weight is 417 g/mol. The van der Waals surface area contributed by atoms with E-state index in [0.29, 0.717) is 13.1 Å². The quantitative estimate of drug-likeness (QED) is 0.201. The number of ether oxygens (including phenoxy) is 1. The molecule has 0 atom stereocenters. The average Bonchev–Trinajstić information content (AvgIpc) is 2.65. The first-order valence-corrected chi connectivity index (χ1v) is 11.4. The van der Waals surface area contributed by atoms with Crippen LogP contribution in [0.4, 0.5) is 4.79 Å². The van der Waals surface area contributed by atoms with Gasteiger partial charge in [-0.3, -0.25) is 0 Å². The van der Waals surface area contributed by atoms with Crippen LogP contribution in [-0.2, 0) is 4.74 Å². The first-order valence-electron chi connectivity index (χ1n) is 11.4. The molecule has 0 fully saturated rings. The highest BCUT2D eigenvalue weighted by Crippen LogP contribution is 2.11. The maximum atomic E-state index is 12.5. The summed E-state index contributed by atoms with van der Waals surface area (Å²) in [6, 6.07) is 0. The number of unbranched alkanes of at least 4 members (excludes halogenated alkanes) is 1. The maximum absolute atomic E-state index is 12.5. The van der Waals surface area contributed by atoms with Gasteiger partial charge in [0.2, 0.25) is 0 Å². The van der Waals surface area contributed by atoms with Crippen molar-refractivity contribution in [2.45, 2.75) is 64.9 Å². The summed E-state index contributed by atoms with van der Waals surface area (Å²) in [5, 5.41) is 10.2. The number of amides is 1. The highest BCUT2D eigenvalue weighted by molar-refractivity contribution is 5.68. The topological polar surface area (TPSA) is 118 Å². The third kappa shape index (κ3) is 20.1. The van der Waals surface area contributed by atoms with Crippen LogP contribution in [0.3, 0.4) is 0 Å². The minimum Gasteiger partial charge on any atom is -0.444 e. The maximum Gasteiger partial charge on any atom is 0.410 e. The van der Waals surface area contributed by atoms with Crippen LogP contribution in [0.25, 0.3) is 0 Å². The zero-order chi connectivity index (χ0) is 21.8. The van der Waals surface area contributed by atoms with Gasteiger partial charge in [-0.2, -0.15) is 0 Å². The minimum absolute atomic E-state index is 0.212. The van der Waals surface area contributed by atoms with Gasteiger partial charge in [0.15, 0.2) is 0 Å². The number of rotatable bonds is 19. The molecule has 0 saturated carbocycles. The fraction of sp³-hybridized carbons (Fsp3) is 0.952. The molecule has 0 heterocycles. The first-order chi connectivity index (χ1) is 13.9. The number of hydrogen-bond acceptors (Lipinski definition) is 7. The second kappa shape index (κ2) is 19.1. The van der Waals surface area contributed by atoms with Crippen LogP contribution in [0, 0.1) is 0 Å². The molecule has 0 aromatic heterocycles. The zero-order valence-electron chi connectivity index (χ0n) is 19.2. The van der Waals surface area contributed by atoms with Crippen molar-refractivity contribution in [3.63, 3.8) is 0 Å². The summed E-state index contributed by atoms with van der Waals surface area (Å²) in [4.78, 5) is 14.3. The molecule has 0 radical (unpaired) electrons. The molecule has 8 nitrogen and oxygen atoms in total. The number of carbonyl (C=O) groups is 1. The lowest BCUT2D eigenvalue weighted by molar-refractivity contribution is 0.0245. The van der Waals surface area contributed by atoms with Crippen molar-refractivity contribution >= 4 is 6.09 Å². The molecule has 0 spiro atoms. The van der Waals surface area contributed by atoms with Gasteiger partial charge in [-0.15, -0.1) is 0 Å². The van der Waals surface area contributed by atoms with Gasteiger partial charge in [0, 0.05) is 13.1 Å². The van der Waals surface area contributed by atoms with Crippen LogP contribution >= 0.6 is 0 Å². The van der Waals surface area contributed by atoms with Gasteiger partial charge in [0.25, 0.3) is 0 Å². The molecule has 0 rings (SSSR count). The predicted molar refractivity (Wildman–Crippen MR) is 122 cm³/mol. The van der Waals surface area contributed by atoms with Gasteiger partial charge in [0.05, 0.1) is 0 Å². The van der Waals surface area contributed by atoms with Crippen molar-refractivity contribution in [2.24, 2.45) is 11.5 Å². The molecule has 174 valence electrons. The molecule has 0 aromatic rings. The fourth-order valence-electron chi connectivity index (χ4n) is 2.74. The Hall–Kier alpha value is -0.930. The van der Waals surface area contributed by atoms with E-state index in [1.807, 2.05) is 25.7 Å². The molecule has 0 aliphatic carbocycles. The first kappa shape index (κ1) is 28.1. The molecule has 1 amide bonds. The number of carbonyl (C=O) groups excluding carboxylic acids is 1. The molecule has 0 unspecified atom stereocenters. The van der Waals surface area contributed by atoms with Crippen LogP contribution in [-0.4, -0.2) is 82.0 Å². The van der Waals surface area contributed by atoms with Gasteiger partial charge >= 0.3 is 6.09 Å². The third-order valence-corrected chi connectivity index (χ3v) is 4.29. The molecular formula is C21H48N6O2. The Morgan fingerprint density at radius 1 is 0.724 bits per heavy atom. The van der Waals surface area contributed by atoms with Gasteiger partial charge in [0.1, 0.15) is 5.60 Å². The lowest BCUT2D eigenvalue weighted by atomic mass is 10.2. The number of nitrogens with zero attached hydrogens (tertiary/aromatic N) is 1. The fourth-order valence-corrected chi connectivity index (χ4v) is 2.74. The molecule has 0 bridgehead atoms. The summed E-state index contributed by atoms with van der Waals surface area (Å²) in [5.41, 5.74) is 10.5.